The second-order valence-corrected chi connectivity index (χ2v) is 12.3. The number of nitrogens with one attached hydrogen (secondary N) is 1. The van der Waals surface area contributed by atoms with E-state index >= 15 is 4.39 Å². The fourth-order valence-corrected chi connectivity index (χ4v) is 7.87. The SMILES string of the molecule is Cc1cc(F)cnc1C(=O)Nc1ccc(F)c([C@@]2(C)N=C(N)C(C)(C)[S@]3(=O)=NCCCC[C@@H]23)n1. The predicted octanol–water partition coefficient (Wildman–Crippen LogP) is 3.70. The number of hydrogen-bond acceptors (Lipinski definition) is 7. The molecule has 0 saturated carbocycles. The summed E-state index contributed by atoms with van der Waals surface area (Å²) in [5, 5.41) is 1.98. The molecule has 34 heavy (non-hydrogen) atoms. The minimum Gasteiger partial charge on any atom is -0.386 e. The first-order valence-electron chi connectivity index (χ1n) is 11.1. The van der Waals surface area contributed by atoms with Crippen molar-refractivity contribution in [3.05, 3.63) is 53.0 Å². The lowest BCUT2D eigenvalue weighted by Crippen LogP contribution is -2.59. The number of aryl methyl sites for hydroxylation is 1. The van der Waals surface area contributed by atoms with Crippen LogP contribution in [0.3, 0.4) is 0 Å². The van der Waals surface area contributed by atoms with Gasteiger partial charge < -0.3 is 11.1 Å². The molecule has 0 unspecified atom stereocenters. The first-order chi connectivity index (χ1) is 15.9. The zero-order chi connectivity index (χ0) is 24.9. The maximum Gasteiger partial charge on any atom is 0.275 e. The molecule has 0 fully saturated rings. The topological polar surface area (TPSA) is 123 Å². The third kappa shape index (κ3) is 3.75. The van der Waals surface area contributed by atoms with Gasteiger partial charge in [0.05, 0.1) is 21.2 Å². The number of nitrogens with zero attached hydrogens (tertiary/aromatic N) is 4. The van der Waals surface area contributed by atoms with E-state index in [9.17, 15) is 13.4 Å². The van der Waals surface area contributed by atoms with Gasteiger partial charge in [-0.1, -0.05) is 6.42 Å². The number of amides is 1. The standard InChI is InChI=1S/C23H28F2N6O2S/c1-13-11-14(24)12-27-18(13)20(32)30-17-9-8-15(25)19(29-17)23(4)16-7-5-6-10-28-34(16,33)22(2,3)21(26)31-23/h8-9,11-12,16H,5-7,10H2,1-4H3,(H2,26,31)(H,29,30,32)/t16-,23-,34-/m0/s1. The molecule has 2 aromatic heterocycles. The van der Waals surface area contributed by atoms with Crippen molar-refractivity contribution < 1.29 is 17.8 Å². The summed E-state index contributed by atoms with van der Waals surface area (Å²) < 4.78 is 46.5. The van der Waals surface area contributed by atoms with Crippen molar-refractivity contribution in [3.63, 3.8) is 0 Å². The molecule has 3 N–H and O–H groups in total. The quantitative estimate of drug-likeness (QED) is 0.679. The number of halogens is 2. The number of anilines is 1. The van der Waals surface area contributed by atoms with Gasteiger partial charge in [0, 0.05) is 6.54 Å². The number of fused-ring (bicyclic) bond motifs is 1. The summed E-state index contributed by atoms with van der Waals surface area (Å²) in [6.45, 7) is 7.19. The lowest BCUT2D eigenvalue weighted by atomic mass is 9.88. The number of carbonyl (C=O) groups is 1. The number of nitrogens with two attached hydrogens (primary N) is 1. The lowest BCUT2D eigenvalue weighted by Gasteiger charge is -2.45. The predicted molar refractivity (Wildman–Crippen MR) is 127 cm³/mol. The second kappa shape index (κ2) is 8.37. The molecular weight excluding hydrogens is 462 g/mol. The number of hydrogen-bond donors (Lipinski definition) is 2. The van der Waals surface area contributed by atoms with Gasteiger partial charge in [0.2, 0.25) is 0 Å². The summed E-state index contributed by atoms with van der Waals surface area (Å²) in [6, 6.07) is 3.68. The Morgan fingerprint density at radius 1 is 1.24 bits per heavy atom. The van der Waals surface area contributed by atoms with Crippen LogP contribution in [-0.2, 0) is 15.3 Å². The molecule has 0 aromatic carbocycles. The molecule has 3 atom stereocenters. The van der Waals surface area contributed by atoms with E-state index in [1.165, 1.54) is 18.2 Å². The summed E-state index contributed by atoms with van der Waals surface area (Å²) in [5.74, 6) is -1.64. The maximum absolute atomic E-state index is 15.2. The molecular formula is C23H28F2N6O2S. The van der Waals surface area contributed by atoms with Gasteiger partial charge in [-0.15, -0.1) is 0 Å². The summed E-state index contributed by atoms with van der Waals surface area (Å²) in [7, 11) is -2.93. The van der Waals surface area contributed by atoms with Crippen LogP contribution in [0.25, 0.3) is 0 Å². The van der Waals surface area contributed by atoms with E-state index in [0.29, 0.717) is 18.5 Å². The number of pyridine rings is 2. The Morgan fingerprint density at radius 3 is 2.68 bits per heavy atom. The van der Waals surface area contributed by atoms with E-state index in [0.717, 1.165) is 19.0 Å². The Bertz CT molecular complexity index is 1320. The van der Waals surface area contributed by atoms with Crippen molar-refractivity contribution in [1.82, 2.24) is 9.97 Å². The molecule has 1 amide bonds. The lowest BCUT2D eigenvalue weighted by molar-refractivity contribution is 0.102. The molecule has 0 aliphatic carbocycles. The molecule has 2 aromatic rings. The number of aliphatic imine (C=N–C) groups is 1. The van der Waals surface area contributed by atoms with E-state index in [4.69, 9.17) is 5.73 Å². The van der Waals surface area contributed by atoms with Crippen LogP contribution >= 0.6 is 0 Å². The highest BCUT2D eigenvalue weighted by atomic mass is 32.2. The van der Waals surface area contributed by atoms with Crippen LogP contribution in [0.1, 0.15) is 61.8 Å². The molecule has 4 rings (SSSR count). The van der Waals surface area contributed by atoms with Gasteiger partial charge in [-0.3, -0.25) is 9.79 Å². The molecule has 2 aliphatic heterocycles. The van der Waals surface area contributed by atoms with Crippen molar-refractivity contribution in [2.75, 3.05) is 11.9 Å². The fourth-order valence-electron chi connectivity index (χ4n) is 4.63. The normalized spacial score (nSPS) is 28.2. The van der Waals surface area contributed by atoms with E-state index in [-0.39, 0.29) is 23.0 Å². The Balaban J connectivity index is 1.80. The zero-order valence-corrected chi connectivity index (χ0v) is 20.4. The van der Waals surface area contributed by atoms with Crippen molar-refractivity contribution in [2.45, 2.75) is 62.5 Å². The minimum atomic E-state index is -2.93. The van der Waals surface area contributed by atoms with Crippen LogP contribution in [-0.4, -0.2) is 42.5 Å². The summed E-state index contributed by atoms with van der Waals surface area (Å²) in [4.78, 5) is 25.6. The summed E-state index contributed by atoms with van der Waals surface area (Å²) in [6.07, 6.45) is 3.00. The van der Waals surface area contributed by atoms with Crippen LogP contribution in [0.15, 0.2) is 33.8 Å². The zero-order valence-electron chi connectivity index (χ0n) is 19.6. The van der Waals surface area contributed by atoms with Crippen LogP contribution in [0.5, 0.6) is 0 Å². The third-order valence-corrected chi connectivity index (χ3v) is 10.4. The molecule has 11 heteroatoms. The largest absolute Gasteiger partial charge is 0.386 e. The Morgan fingerprint density at radius 2 is 1.97 bits per heavy atom. The van der Waals surface area contributed by atoms with Crippen LogP contribution in [0, 0.1) is 18.6 Å². The first kappa shape index (κ1) is 24.2. The van der Waals surface area contributed by atoms with Gasteiger partial charge in [0.15, 0.2) is 0 Å². The molecule has 0 spiro atoms. The summed E-state index contributed by atoms with van der Waals surface area (Å²) in [5.41, 5.74) is 5.25. The van der Waals surface area contributed by atoms with Gasteiger partial charge in [-0.05, 0) is 64.3 Å². The number of carbonyl (C=O) groups excluding carboxylic acids is 1. The van der Waals surface area contributed by atoms with Crippen LogP contribution in [0.4, 0.5) is 14.6 Å². The van der Waals surface area contributed by atoms with Crippen LogP contribution < -0.4 is 11.1 Å². The van der Waals surface area contributed by atoms with Gasteiger partial charge in [0.1, 0.15) is 45.0 Å². The van der Waals surface area contributed by atoms with Gasteiger partial charge in [0.25, 0.3) is 5.91 Å². The second-order valence-electron chi connectivity index (χ2n) is 9.36. The van der Waals surface area contributed by atoms with E-state index in [1.807, 2.05) is 0 Å². The van der Waals surface area contributed by atoms with Gasteiger partial charge in [-0.25, -0.2) is 27.3 Å². The highest BCUT2D eigenvalue weighted by molar-refractivity contribution is 7.96. The average Bonchev–Trinajstić information content (AvgIpc) is 2.97. The van der Waals surface area contributed by atoms with Gasteiger partial charge in [-0.2, -0.15) is 0 Å². The maximum atomic E-state index is 15.2. The molecule has 8 nitrogen and oxygen atoms in total. The van der Waals surface area contributed by atoms with Crippen molar-refractivity contribution >= 4 is 27.3 Å². The molecule has 2 aliphatic rings. The average molecular weight is 491 g/mol. The number of aromatic nitrogens is 2. The van der Waals surface area contributed by atoms with E-state index < -0.39 is 42.8 Å². The Kier molecular flexibility index (Phi) is 5.95. The summed E-state index contributed by atoms with van der Waals surface area (Å²) >= 11 is 0. The minimum absolute atomic E-state index is 0.0209. The van der Waals surface area contributed by atoms with Crippen molar-refractivity contribution in [3.8, 4) is 0 Å². The van der Waals surface area contributed by atoms with Gasteiger partial charge >= 0.3 is 0 Å². The van der Waals surface area contributed by atoms with E-state index in [1.54, 1.807) is 27.7 Å². The number of rotatable bonds is 3. The van der Waals surface area contributed by atoms with Crippen molar-refractivity contribution in [1.29, 1.82) is 0 Å². The molecule has 0 bridgehead atoms. The molecule has 4 heterocycles. The molecule has 0 saturated heterocycles. The highest BCUT2D eigenvalue weighted by Gasteiger charge is 2.56. The Labute approximate surface area is 197 Å². The van der Waals surface area contributed by atoms with Crippen LogP contribution in [0.2, 0.25) is 0 Å². The van der Waals surface area contributed by atoms with E-state index in [2.05, 4.69) is 24.6 Å². The highest BCUT2D eigenvalue weighted by Crippen LogP contribution is 2.46. The number of amidine groups is 1. The monoisotopic (exact) mass is 490 g/mol. The first-order valence-corrected chi connectivity index (χ1v) is 12.7. The molecule has 182 valence electrons. The fraction of sp³-hybridized carbons (Fsp3) is 0.478. The molecule has 0 radical (unpaired) electrons. The van der Waals surface area contributed by atoms with Crippen molar-refractivity contribution in [2.24, 2.45) is 15.1 Å². The smallest absolute Gasteiger partial charge is 0.275 e. The Hall–Kier alpha value is -2.95. The third-order valence-electron chi connectivity index (χ3n) is 6.70.